The van der Waals surface area contributed by atoms with E-state index in [1.807, 2.05) is 30.5 Å². The van der Waals surface area contributed by atoms with Crippen LogP contribution in [0, 0.1) is 0 Å². The van der Waals surface area contributed by atoms with Crippen molar-refractivity contribution in [2.24, 2.45) is 0 Å². The molecule has 0 aromatic heterocycles. The summed E-state index contributed by atoms with van der Waals surface area (Å²) in [5.74, 6) is -0.268. The molecule has 1 aromatic rings. The van der Waals surface area contributed by atoms with E-state index < -0.39 is 5.54 Å². The van der Waals surface area contributed by atoms with Crippen molar-refractivity contribution < 1.29 is 19.1 Å². The minimum atomic E-state index is -0.903. The predicted octanol–water partition coefficient (Wildman–Crippen LogP) is 1.93. The molecule has 0 bridgehead atoms. The summed E-state index contributed by atoms with van der Waals surface area (Å²) in [4.78, 5) is 40.9. The van der Waals surface area contributed by atoms with Gasteiger partial charge in [0, 0.05) is 24.0 Å². The number of carbonyl (C=O) groups is 3. The molecular weight excluding hydrogens is 428 g/mol. The molecule has 32 heavy (non-hydrogen) atoms. The van der Waals surface area contributed by atoms with E-state index in [2.05, 4.69) is 16.0 Å². The van der Waals surface area contributed by atoms with Crippen molar-refractivity contribution in [1.29, 1.82) is 0 Å². The van der Waals surface area contributed by atoms with Gasteiger partial charge in [-0.2, -0.15) is 0 Å². The van der Waals surface area contributed by atoms with Crippen molar-refractivity contribution in [1.82, 2.24) is 20.9 Å². The number of nitrogens with one attached hydrogen (secondary N) is 3. The highest BCUT2D eigenvalue weighted by Crippen LogP contribution is 2.22. The number of amides is 3. The van der Waals surface area contributed by atoms with Gasteiger partial charge >= 0.3 is 6.09 Å². The molecule has 2 aliphatic heterocycles. The Kier molecular flexibility index (Phi) is 8.81. The maximum atomic E-state index is 13.3. The predicted molar refractivity (Wildman–Crippen MR) is 125 cm³/mol. The molecule has 0 radical (unpaired) electrons. The maximum absolute atomic E-state index is 13.3. The molecule has 1 aromatic carbocycles. The van der Waals surface area contributed by atoms with E-state index in [0.717, 1.165) is 10.5 Å². The maximum Gasteiger partial charge on any atom is 0.409 e. The van der Waals surface area contributed by atoms with Gasteiger partial charge in [0.15, 0.2) is 0 Å². The zero-order valence-corrected chi connectivity index (χ0v) is 19.8. The third-order valence-corrected chi connectivity index (χ3v) is 6.89. The molecule has 3 amide bonds. The fraction of sp³-hybridized carbons (Fsp3) is 0.609. The lowest BCUT2D eigenvalue weighted by Gasteiger charge is -2.39. The first kappa shape index (κ1) is 24.4. The highest BCUT2D eigenvalue weighted by Gasteiger charge is 2.42. The molecule has 9 heteroatoms. The number of carbonyl (C=O) groups excluding carboxylic acids is 3. The van der Waals surface area contributed by atoms with Gasteiger partial charge in [0.05, 0.1) is 13.0 Å². The lowest BCUT2D eigenvalue weighted by atomic mass is 9.86. The van der Waals surface area contributed by atoms with Gasteiger partial charge in [-0.15, -0.1) is 11.8 Å². The summed E-state index contributed by atoms with van der Waals surface area (Å²) in [7, 11) is 0. The summed E-state index contributed by atoms with van der Waals surface area (Å²) in [5.41, 5.74) is 0.0240. The number of piperidine rings is 2. The van der Waals surface area contributed by atoms with Crippen molar-refractivity contribution in [2.75, 3.05) is 39.0 Å². The van der Waals surface area contributed by atoms with Crippen LogP contribution in [0.25, 0.3) is 0 Å². The molecule has 3 rings (SSSR count). The van der Waals surface area contributed by atoms with Gasteiger partial charge in [-0.25, -0.2) is 4.79 Å². The number of benzene rings is 1. The molecular formula is C23H34N4O4S. The molecule has 0 aliphatic carbocycles. The molecule has 176 valence electrons. The summed E-state index contributed by atoms with van der Waals surface area (Å²) in [5, 5.41) is 9.48. The summed E-state index contributed by atoms with van der Waals surface area (Å²) in [6.07, 6.45) is 4.42. The number of likely N-dealkylation sites (tertiary alicyclic amines) is 1. The standard InChI is InChI=1S/C23H34N4O4S/c1-3-31-22(30)27-14-8-18(9-15-27)25-21(29)23(10-12-24-13-11-23)26-20(28)16-17-4-6-19(32-2)7-5-17/h4-7,18,24H,3,8-16H2,1-2H3,(H,25,29)(H,26,28). The van der Waals surface area contributed by atoms with E-state index in [4.69, 9.17) is 4.74 Å². The Morgan fingerprint density at radius 3 is 2.41 bits per heavy atom. The molecule has 2 fully saturated rings. The highest BCUT2D eigenvalue weighted by molar-refractivity contribution is 7.98. The number of rotatable bonds is 7. The second-order valence-electron chi connectivity index (χ2n) is 8.34. The molecule has 0 saturated carbocycles. The number of ether oxygens (including phenoxy) is 1. The Morgan fingerprint density at radius 1 is 1.16 bits per heavy atom. The van der Waals surface area contributed by atoms with Crippen LogP contribution in [0.1, 0.15) is 38.2 Å². The second-order valence-corrected chi connectivity index (χ2v) is 9.22. The Labute approximate surface area is 194 Å². The lowest BCUT2D eigenvalue weighted by molar-refractivity contribution is -0.135. The Bertz CT molecular complexity index is 788. The van der Waals surface area contributed by atoms with Crippen LogP contribution in [0.3, 0.4) is 0 Å². The van der Waals surface area contributed by atoms with Crippen molar-refractivity contribution >= 4 is 29.7 Å². The van der Waals surface area contributed by atoms with E-state index in [1.165, 1.54) is 0 Å². The van der Waals surface area contributed by atoms with E-state index >= 15 is 0 Å². The fourth-order valence-corrected chi connectivity index (χ4v) is 4.66. The number of thioether (sulfide) groups is 1. The van der Waals surface area contributed by atoms with Gasteiger partial charge in [0.25, 0.3) is 0 Å². The molecule has 2 heterocycles. The number of hydrogen-bond acceptors (Lipinski definition) is 6. The van der Waals surface area contributed by atoms with E-state index in [0.29, 0.717) is 58.5 Å². The molecule has 2 aliphatic rings. The molecule has 8 nitrogen and oxygen atoms in total. The van der Waals surface area contributed by atoms with Crippen molar-refractivity contribution in [3.8, 4) is 0 Å². The smallest absolute Gasteiger partial charge is 0.409 e. The van der Waals surface area contributed by atoms with Gasteiger partial charge < -0.3 is 25.6 Å². The van der Waals surface area contributed by atoms with Crippen molar-refractivity contribution in [2.45, 2.75) is 55.5 Å². The topological polar surface area (TPSA) is 99.8 Å². The fourth-order valence-electron chi connectivity index (χ4n) is 4.25. The zero-order chi connectivity index (χ0) is 23.0. The zero-order valence-electron chi connectivity index (χ0n) is 18.9. The van der Waals surface area contributed by atoms with Crippen LogP contribution in [0.4, 0.5) is 4.79 Å². The third kappa shape index (κ3) is 6.38. The molecule has 2 saturated heterocycles. The van der Waals surface area contributed by atoms with Gasteiger partial charge in [-0.3, -0.25) is 9.59 Å². The summed E-state index contributed by atoms with van der Waals surface area (Å²) in [6.45, 7) is 4.60. The van der Waals surface area contributed by atoms with E-state index in [9.17, 15) is 14.4 Å². The van der Waals surface area contributed by atoms with Crippen LogP contribution in [-0.2, 0) is 20.7 Å². The minimum Gasteiger partial charge on any atom is -0.450 e. The first-order valence-corrected chi connectivity index (χ1v) is 12.6. The third-order valence-electron chi connectivity index (χ3n) is 6.15. The Morgan fingerprint density at radius 2 is 1.81 bits per heavy atom. The average molecular weight is 463 g/mol. The summed E-state index contributed by atoms with van der Waals surface area (Å²) < 4.78 is 5.06. The van der Waals surface area contributed by atoms with E-state index in [1.54, 1.807) is 23.6 Å². The van der Waals surface area contributed by atoms with Crippen LogP contribution in [0.15, 0.2) is 29.2 Å². The minimum absolute atomic E-state index is 0.0177. The van der Waals surface area contributed by atoms with Gasteiger partial charge in [0.1, 0.15) is 5.54 Å². The lowest BCUT2D eigenvalue weighted by Crippen LogP contribution is -2.64. The van der Waals surface area contributed by atoms with Gasteiger partial charge in [-0.1, -0.05) is 12.1 Å². The SMILES string of the molecule is CCOC(=O)N1CCC(NC(=O)C2(NC(=O)Cc3ccc(SC)cc3)CCNCC2)CC1. The van der Waals surface area contributed by atoms with Crippen LogP contribution in [0.2, 0.25) is 0 Å². The second kappa shape index (κ2) is 11.6. The molecule has 3 N–H and O–H groups in total. The monoisotopic (exact) mass is 462 g/mol. The van der Waals surface area contributed by atoms with Crippen LogP contribution in [-0.4, -0.2) is 73.4 Å². The van der Waals surface area contributed by atoms with Crippen molar-refractivity contribution in [3.05, 3.63) is 29.8 Å². The Balaban J connectivity index is 1.57. The van der Waals surface area contributed by atoms with Crippen LogP contribution in [0.5, 0.6) is 0 Å². The molecule has 0 spiro atoms. The van der Waals surface area contributed by atoms with Gasteiger partial charge in [-0.05, 0) is 69.6 Å². The van der Waals surface area contributed by atoms with E-state index in [-0.39, 0.29) is 30.4 Å². The van der Waals surface area contributed by atoms with Crippen LogP contribution >= 0.6 is 11.8 Å². The quantitative estimate of drug-likeness (QED) is 0.536. The average Bonchev–Trinajstić information content (AvgIpc) is 2.80. The summed E-state index contributed by atoms with van der Waals surface area (Å²) >= 11 is 1.66. The molecule has 0 unspecified atom stereocenters. The van der Waals surface area contributed by atoms with Gasteiger partial charge in [0.2, 0.25) is 11.8 Å². The first-order valence-electron chi connectivity index (χ1n) is 11.3. The normalized spacial score (nSPS) is 18.6. The highest BCUT2D eigenvalue weighted by atomic mass is 32.2. The first-order chi connectivity index (χ1) is 15.5. The number of nitrogens with zero attached hydrogens (tertiary/aromatic N) is 1. The van der Waals surface area contributed by atoms with Crippen LogP contribution < -0.4 is 16.0 Å². The molecule has 0 atom stereocenters. The Hall–Kier alpha value is -2.26. The largest absolute Gasteiger partial charge is 0.450 e. The number of hydrogen-bond donors (Lipinski definition) is 3. The summed E-state index contributed by atoms with van der Waals surface area (Å²) in [6, 6.07) is 7.90. The van der Waals surface area contributed by atoms with Crippen molar-refractivity contribution in [3.63, 3.8) is 0 Å².